The summed E-state index contributed by atoms with van der Waals surface area (Å²) in [5, 5.41) is 12.1. The number of benzene rings is 2. The second kappa shape index (κ2) is 12.5. The van der Waals surface area contributed by atoms with E-state index in [1.54, 1.807) is 11.0 Å². The molecule has 4 heterocycles. The molecule has 2 saturated heterocycles. The lowest BCUT2D eigenvalue weighted by atomic mass is 10.0. The molecule has 0 radical (unpaired) electrons. The lowest BCUT2D eigenvalue weighted by Crippen LogP contribution is -2.55. The van der Waals surface area contributed by atoms with Gasteiger partial charge in [-0.15, -0.1) is 0 Å². The summed E-state index contributed by atoms with van der Waals surface area (Å²) in [5.41, 5.74) is 1.08. The second-order valence-electron chi connectivity index (χ2n) is 12.6. The maximum atomic E-state index is 16.1. The van der Waals surface area contributed by atoms with Gasteiger partial charge in [-0.3, -0.25) is 4.79 Å². The van der Waals surface area contributed by atoms with Crippen molar-refractivity contribution in [2.45, 2.75) is 38.1 Å². The Morgan fingerprint density at radius 1 is 1.13 bits per heavy atom. The first-order valence-electron chi connectivity index (χ1n) is 15.8. The Balaban J connectivity index is 1.29. The fourth-order valence-electron chi connectivity index (χ4n) is 6.88. The second-order valence-corrected chi connectivity index (χ2v) is 13.0. The summed E-state index contributed by atoms with van der Waals surface area (Å²) < 4.78 is 22.4. The highest BCUT2D eigenvalue weighted by Crippen LogP contribution is 2.47. The van der Waals surface area contributed by atoms with Gasteiger partial charge >= 0.3 is 6.01 Å². The van der Waals surface area contributed by atoms with Gasteiger partial charge in [0.15, 0.2) is 5.65 Å². The van der Waals surface area contributed by atoms with Crippen LogP contribution in [0, 0.1) is 22.6 Å². The molecule has 0 spiro atoms. The number of hydrogen-bond acceptors (Lipinski definition) is 8. The molecule has 1 saturated carbocycles. The summed E-state index contributed by atoms with van der Waals surface area (Å²) in [6.45, 7) is 8.47. The molecule has 3 aliphatic rings. The molecule has 46 heavy (non-hydrogen) atoms. The zero-order valence-electron chi connectivity index (χ0n) is 25.6. The molecule has 9 nitrogen and oxygen atoms in total. The minimum atomic E-state index is -0.532. The van der Waals surface area contributed by atoms with Gasteiger partial charge in [-0.2, -0.15) is 15.2 Å². The predicted octanol–water partition coefficient (Wildman–Crippen LogP) is 6.01. The zero-order chi connectivity index (χ0) is 31.8. The Morgan fingerprint density at radius 2 is 1.91 bits per heavy atom. The average molecular weight is 640 g/mol. The third-order valence-electron chi connectivity index (χ3n) is 9.50. The van der Waals surface area contributed by atoms with Gasteiger partial charge in [0.25, 0.3) is 0 Å². The summed E-state index contributed by atoms with van der Waals surface area (Å²) in [4.78, 5) is 33.0. The Morgan fingerprint density at radius 3 is 2.65 bits per heavy atom. The lowest BCUT2D eigenvalue weighted by molar-refractivity contribution is -0.128. The number of carbonyl (C=O) groups is 1. The number of anilines is 1. The summed E-state index contributed by atoms with van der Waals surface area (Å²) in [7, 11) is 0. The van der Waals surface area contributed by atoms with Gasteiger partial charge in [0.2, 0.25) is 5.91 Å². The number of ether oxygens (including phenoxy) is 1. The average Bonchev–Trinajstić information content (AvgIpc) is 3.64. The van der Waals surface area contributed by atoms with Crippen molar-refractivity contribution in [3.63, 3.8) is 0 Å². The molecule has 1 atom stereocenters. The molecule has 2 aliphatic heterocycles. The van der Waals surface area contributed by atoms with E-state index in [9.17, 15) is 10.1 Å². The highest BCUT2D eigenvalue weighted by Gasteiger charge is 2.45. The topological polar surface area (TPSA) is 98.5 Å². The fraction of sp³-hybridized carbons (Fsp3) is 0.400. The van der Waals surface area contributed by atoms with E-state index in [0.717, 1.165) is 37.9 Å². The van der Waals surface area contributed by atoms with Gasteiger partial charge in [-0.25, -0.2) is 9.37 Å². The molecule has 4 aromatic rings. The Kier molecular flexibility index (Phi) is 8.22. The number of amides is 1. The van der Waals surface area contributed by atoms with Crippen LogP contribution in [-0.2, 0) is 4.79 Å². The van der Waals surface area contributed by atoms with Crippen molar-refractivity contribution in [2.75, 3.05) is 50.8 Å². The summed E-state index contributed by atoms with van der Waals surface area (Å²) >= 11 is 6.61. The number of rotatable bonds is 9. The van der Waals surface area contributed by atoms with Gasteiger partial charge in [0.1, 0.15) is 17.3 Å². The van der Waals surface area contributed by atoms with Crippen molar-refractivity contribution in [1.29, 1.82) is 5.26 Å². The number of fused-ring (bicyclic) bond motifs is 2. The number of aromatic nitrogens is 3. The van der Waals surface area contributed by atoms with E-state index in [0.29, 0.717) is 59.1 Å². The molecular formula is C35H35ClFN7O2. The van der Waals surface area contributed by atoms with Crippen LogP contribution in [-0.4, -0.2) is 82.6 Å². The van der Waals surface area contributed by atoms with E-state index in [1.807, 2.05) is 35.2 Å². The minimum absolute atomic E-state index is 0.0818. The van der Waals surface area contributed by atoms with E-state index in [2.05, 4.69) is 17.5 Å². The van der Waals surface area contributed by atoms with Gasteiger partial charge in [0, 0.05) is 47.6 Å². The molecule has 2 aromatic carbocycles. The molecule has 2 aromatic heterocycles. The molecule has 0 unspecified atom stereocenters. The molecule has 0 N–H and O–H groups in total. The molecule has 0 bridgehead atoms. The number of carbonyl (C=O) groups excluding carboxylic acids is 1. The number of likely N-dealkylation sites (tertiary alicyclic amines) is 1. The summed E-state index contributed by atoms with van der Waals surface area (Å²) in [6.07, 6.45) is 6.06. The van der Waals surface area contributed by atoms with Crippen LogP contribution in [0.1, 0.15) is 32.1 Å². The zero-order valence-corrected chi connectivity index (χ0v) is 26.3. The van der Waals surface area contributed by atoms with Crippen molar-refractivity contribution in [3.8, 4) is 23.3 Å². The molecule has 1 aliphatic carbocycles. The number of pyridine rings is 1. The van der Waals surface area contributed by atoms with Crippen molar-refractivity contribution in [1.82, 2.24) is 24.8 Å². The van der Waals surface area contributed by atoms with Gasteiger partial charge in [-0.1, -0.05) is 48.5 Å². The van der Waals surface area contributed by atoms with E-state index in [-0.39, 0.29) is 35.5 Å². The first-order valence-corrected chi connectivity index (χ1v) is 16.2. The van der Waals surface area contributed by atoms with Crippen LogP contribution in [0.3, 0.4) is 0 Å². The van der Waals surface area contributed by atoms with Crippen LogP contribution in [0.5, 0.6) is 6.01 Å². The molecule has 7 rings (SSSR count). The maximum absolute atomic E-state index is 16.1. The van der Waals surface area contributed by atoms with Crippen molar-refractivity contribution in [2.24, 2.45) is 5.41 Å². The van der Waals surface area contributed by atoms with Crippen molar-refractivity contribution >= 4 is 45.1 Å². The predicted molar refractivity (Wildman–Crippen MR) is 176 cm³/mol. The van der Waals surface area contributed by atoms with Crippen LogP contribution in [0.25, 0.3) is 33.1 Å². The molecule has 3 fully saturated rings. The Labute approximate surface area is 272 Å². The molecule has 1 amide bonds. The Hall–Kier alpha value is -4.33. The van der Waals surface area contributed by atoms with Crippen LogP contribution < -0.4 is 9.64 Å². The summed E-state index contributed by atoms with van der Waals surface area (Å²) in [6, 6.07) is 14.6. The number of halogens is 2. The maximum Gasteiger partial charge on any atom is 0.320 e. The normalized spacial score (nSPS) is 19.4. The standard InChI is InChI=1S/C35H35ClFN7O2/c1-2-29(45)44-18-17-43(20-24(44)11-14-38)33-26-19-28(37)31(25-9-5-7-23-8-6-10-27(36)30(23)25)39-32(26)40-34(41-33)46-22-35(12-13-35)21-42-15-3-4-16-42/h2,5-10,19,24H,1,3-4,11-13,15-18,20-22H2/t24-/m0/s1. The van der Waals surface area contributed by atoms with Crippen LogP contribution in [0.15, 0.2) is 55.1 Å². The smallest absolute Gasteiger partial charge is 0.320 e. The highest BCUT2D eigenvalue weighted by atomic mass is 35.5. The SMILES string of the molecule is C=CC(=O)N1CCN(c2nc(OCC3(CN4CCCC4)CC3)nc3nc(-c4cccc5cccc(Cl)c45)c(F)cc23)C[C@@H]1CC#N. The Bertz CT molecular complexity index is 1860. The first-order chi connectivity index (χ1) is 22.4. The van der Waals surface area contributed by atoms with E-state index < -0.39 is 5.82 Å². The van der Waals surface area contributed by atoms with E-state index in [4.69, 9.17) is 31.3 Å². The molecular weight excluding hydrogens is 605 g/mol. The minimum Gasteiger partial charge on any atom is -0.463 e. The van der Waals surface area contributed by atoms with Gasteiger partial charge in [0.05, 0.1) is 30.5 Å². The largest absolute Gasteiger partial charge is 0.463 e. The monoisotopic (exact) mass is 639 g/mol. The number of nitrogens with zero attached hydrogens (tertiary/aromatic N) is 7. The third-order valence-corrected chi connectivity index (χ3v) is 9.81. The van der Waals surface area contributed by atoms with E-state index in [1.165, 1.54) is 25.0 Å². The van der Waals surface area contributed by atoms with Crippen LogP contribution in [0.4, 0.5) is 10.2 Å². The van der Waals surface area contributed by atoms with Crippen LogP contribution >= 0.6 is 11.6 Å². The third kappa shape index (κ3) is 5.85. The van der Waals surface area contributed by atoms with Crippen LogP contribution in [0.2, 0.25) is 5.02 Å². The number of piperazine rings is 1. The summed E-state index contributed by atoms with van der Waals surface area (Å²) in [5.74, 6) is -0.294. The van der Waals surface area contributed by atoms with Gasteiger partial charge in [-0.05, 0) is 62.4 Å². The fourth-order valence-corrected chi connectivity index (χ4v) is 7.16. The van der Waals surface area contributed by atoms with E-state index >= 15 is 4.39 Å². The molecule has 11 heteroatoms. The number of hydrogen-bond donors (Lipinski definition) is 0. The first kappa shape index (κ1) is 30.3. The lowest BCUT2D eigenvalue weighted by Gasteiger charge is -2.41. The van der Waals surface area contributed by atoms with Crippen molar-refractivity contribution in [3.05, 3.63) is 66.0 Å². The highest BCUT2D eigenvalue weighted by molar-refractivity contribution is 6.36. The van der Waals surface area contributed by atoms with Crippen molar-refractivity contribution < 1.29 is 13.9 Å². The molecule has 236 valence electrons. The quantitative estimate of drug-likeness (QED) is 0.206. The number of nitriles is 1. The van der Waals surface area contributed by atoms with Gasteiger partial charge < -0.3 is 19.4 Å².